The minimum atomic E-state index is -4.84. The zero-order chi connectivity index (χ0) is 12.3. The fraction of sp³-hybridized carbons (Fsp3) is 0.100. The van der Waals surface area contributed by atoms with Gasteiger partial charge in [-0.1, -0.05) is 12.1 Å². The van der Waals surface area contributed by atoms with E-state index in [2.05, 4.69) is 0 Å². The van der Waals surface area contributed by atoms with Gasteiger partial charge in [0.05, 0.1) is 5.57 Å². The molecule has 0 saturated heterocycles. The molecule has 0 aliphatic carbocycles. The van der Waals surface area contributed by atoms with Crippen molar-refractivity contribution in [3.05, 3.63) is 41.7 Å². The molecular formula is C10H6F4O2. The van der Waals surface area contributed by atoms with Crippen LogP contribution in [0.4, 0.5) is 17.6 Å². The van der Waals surface area contributed by atoms with Crippen molar-refractivity contribution >= 4 is 11.5 Å². The molecular weight excluding hydrogens is 228 g/mol. The average Bonchev–Trinajstić information content (AvgIpc) is 2.12. The first kappa shape index (κ1) is 12.2. The zero-order valence-corrected chi connectivity index (χ0v) is 7.75. The van der Waals surface area contributed by atoms with Gasteiger partial charge in [-0.15, -0.1) is 0 Å². The summed E-state index contributed by atoms with van der Waals surface area (Å²) in [7, 11) is 0. The highest BCUT2D eigenvalue weighted by Crippen LogP contribution is 2.33. The molecule has 16 heavy (non-hydrogen) atoms. The molecule has 6 heteroatoms. The number of hydrogen-bond acceptors (Lipinski definition) is 1. The number of alkyl halides is 3. The highest BCUT2D eigenvalue weighted by molar-refractivity contribution is 5.91. The third-order valence-corrected chi connectivity index (χ3v) is 1.71. The van der Waals surface area contributed by atoms with Gasteiger partial charge in [-0.3, -0.25) is 0 Å². The van der Waals surface area contributed by atoms with Gasteiger partial charge in [0, 0.05) is 6.08 Å². The van der Waals surface area contributed by atoms with Crippen molar-refractivity contribution < 1.29 is 27.5 Å². The molecule has 0 bridgehead atoms. The maximum absolute atomic E-state index is 12.7. The van der Waals surface area contributed by atoms with Gasteiger partial charge in [-0.25, -0.2) is 9.18 Å². The van der Waals surface area contributed by atoms with E-state index in [0.29, 0.717) is 6.07 Å². The van der Waals surface area contributed by atoms with E-state index in [1.165, 1.54) is 0 Å². The molecule has 0 saturated carbocycles. The molecule has 0 heterocycles. The molecule has 0 amide bonds. The molecule has 0 spiro atoms. The number of carboxylic acids is 1. The molecule has 0 unspecified atom stereocenters. The Morgan fingerprint density at radius 2 is 1.94 bits per heavy atom. The number of aliphatic carboxylic acids is 1. The van der Waals surface area contributed by atoms with Crippen LogP contribution in [0.3, 0.4) is 0 Å². The summed E-state index contributed by atoms with van der Waals surface area (Å²) in [5, 5.41) is 8.31. The summed E-state index contributed by atoms with van der Waals surface area (Å²) in [6.45, 7) is 0. The van der Waals surface area contributed by atoms with Crippen molar-refractivity contribution in [1.82, 2.24) is 0 Å². The van der Waals surface area contributed by atoms with E-state index in [9.17, 15) is 22.4 Å². The van der Waals surface area contributed by atoms with Gasteiger partial charge < -0.3 is 5.11 Å². The van der Waals surface area contributed by atoms with Crippen molar-refractivity contribution in [1.29, 1.82) is 0 Å². The van der Waals surface area contributed by atoms with Crippen LogP contribution in [-0.2, 0) is 4.79 Å². The molecule has 86 valence electrons. The largest absolute Gasteiger partial charge is 0.478 e. The van der Waals surface area contributed by atoms with E-state index in [1.54, 1.807) is 0 Å². The highest BCUT2D eigenvalue weighted by atomic mass is 19.4. The molecule has 0 aromatic heterocycles. The lowest BCUT2D eigenvalue weighted by Gasteiger charge is -2.10. The van der Waals surface area contributed by atoms with Gasteiger partial charge >= 0.3 is 12.1 Å². The van der Waals surface area contributed by atoms with Crippen molar-refractivity contribution in [2.75, 3.05) is 0 Å². The Labute approximate surface area is 87.8 Å². The van der Waals surface area contributed by atoms with Crippen LogP contribution in [0.5, 0.6) is 0 Å². The van der Waals surface area contributed by atoms with Crippen LogP contribution >= 0.6 is 0 Å². The second-order valence-corrected chi connectivity index (χ2v) is 2.90. The van der Waals surface area contributed by atoms with Crippen molar-refractivity contribution in [3.8, 4) is 0 Å². The minimum Gasteiger partial charge on any atom is -0.478 e. The normalized spacial score (nSPS) is 12.6. The lowest BCUT2D eigenvalue weighted by molar-refractivity contribution is -0.131. The quantitative estimate of drug-likeness (QED) is 0.631. The van der Waals surface area contributed by atoms with Gasteiger partial charge in [-0.05, 0) is 17.7 Å². The second-order valence-electron chi connectivity index (χ2n) is 2.90. The van der Waals surface area contributed by atoms with Gasteiger partial charge in [0.25, 0.3) is 0 Å². The predicted molar refractivity (Wildman–Crippen MR) is 48.1 cm³/mol. The maximum atomic E-state index is 12.7. The van der Waals surface area contributed by atoms with E-state index in [4.69, 9.17) is 5.11 Å². The summed E-state index contributed by atoms with van der Waals surface area (Å²) < 4.78 is 50.0. The summed E-state index contributed by atoms with van der Waals surface area (Å²) in [6.07, 6.45) is -4.83. The third-order valence-electron chi connectivity index (χ3n) is 1.71. The highest BCUT2D eigenvalue weighted by Gasteiger charge is 2.35. The smallest absolute Gasteiger partial charge is 0.417 e. The van der Waals surface area contributed by atoms with E-state index in [0.717, 1.165) is 18.2 Å². The molecule has 0 radical (unpaired) electrons. The fourth-order valence-electron chi connectivity index (χ4n) is 1.11. The van der Waals surface area contributed by atoms with Crippen LogP contribution in [-0.4, -0.2) is 17.3 Å². The van der Waals surface area contributed by atoms with E-state index < -0.39 is 29.1 Å². The zero-order valence-electron chi connectivity index (χ0n) is 7.75. The van der Waals surface area contributed by atoms with Crippen LogP contribution < -0.4 is 0 Å². The second kappa shape index (κ2) is 4.34. The lowest BCUT2D eigenvalue weighted by Crippen LogP contribution is -2.12. The fourth-order valence-corrected chi connectivity index (χ4v) is 1.11. The number of allylic oxidation sites excluding steroid dienone is 1. The number of rotatable bonds is 2. The molecule has 1 aromatic carbocycles. The van der Waals surface area contributed by atoms with E-state index in [-0.39, 0.29) is 6.08 Å². The topological polar surface area (TPSA) is 37.3 Å². The van der Waals surface area contributed by atoms with Crippen LogP contribution in [0, 0.1) is 5.82 Å². The van der Waals surface area contributed by atoms with Gasteiger partial charge in [0.15, 0.2) is 0 Å². The number of carboxylic acid groups (broad SMARTS) is 1. The maximum Gasteiger partial charge on any atom is 0.417 e. The number of hydrogen-bond donors (Lipinski definition) is 1. The minimum absolute atomic E-state index is 0.00870. The Balaban J connectivity index is 3.28. The van der Waals surface area contributed by atoms with Crippen molar-refractivity contribution in [3.63, 3.8) is 0 Å². The summed E-state index contributed by atoms with van der Waals surface area (Å²) in [5.41, 5.74) is -1.91. The number of carbonyl (C=O) groups is 1. The third kappa shape index (κ3) is 3.08. The number of halogens is 4. The molecule has 2 nitrogen and oxygen atoms in total. The Morgan fingerprint density at radius 3 is 2.38 bits per heavy atom. The SMILES string of the molecule is O=C(O)/C=C(\c1cccc(F)c1)C(F)(F)F. The molecule has 0 atom stereocenters. The van der Waals surface area contributed by atoms with Crippen LogP contribution in [0.1, 0.15) is 5.56 Å². The molecule has 0 aliphatic heterocycles. The van der Waals surface area contributed by atoms with E-state index >= 15 is 0 Å². The average molecular weight is 234 g/mol. The Morgan fingerprint density at radius 1 is 1.31 bits per heavy atom. The Hall–Kier alpha value is -1.85. The first-order valence-electron chi connectivity index (χ1n) is 4.08. The summed E-state index contributed by atoms with van der Waals surface area (Å²) >= 11 is 0. The van der Waals surface area contributed by atoms with Gasteiger partial charge in [-0.2, -0.15) is 13.2 Å². The first-order chi connectivity index (χ1) is 7.30. The van der Waals surface area contributed by atoms with Crippen LogP contribution in [0.2, 0.25) is 0 Å². The summed E-state index contributed by atoms with van der Waals surface area (Å²) in [6, 6.07) is 3.66. The summed E-state index contributed by atoms with van der Waals surface area (Å²) in [4.78, 5) is 10.2. The molecule has 1 rings (SSSR count). The van der Waals surface area contributed by atoms with Crippen LogP contribution in [0.15, 0.2) is 30.3 Å². The monoisotopic (exact) mass is 234 g/mol. The van der Waals surface area contributed by atoms with Crippen LogP contribution in [0.25, 0.3) is 5.57 Å². The standard InChI is InChI=1S/C10H6F4O2/c11-7-3-1-2-6(4-7)8(5-9(15)16)10(12,13)14/h1-5H,(H,15,16)/b8-5+. The molecule has 1 N–H and O–H groups in total. The van der Waals surface area contributed by atoms with Crippen molar-refractivity contribution in [2.24, 2.45) is 0 Å². The van der Waals surface area contributed by atoms with E-state index in [1.807, 2.05) is 0 Å². The Bertz CT molecular complexity index is 435. The lowest BCUT2D eigenvalue weighted by atomic mass is 10.1. The Kier molecular flexibility index (Phi) is 3.31. The van der Waals surface area contributed by atoms with Crippen molar-refractivity contribution in [2.45, 2.75) is 6.18 Å². The first-order valence-corrected chi connectivity index (χ1v) is 4.08. The molecule has 0 fully saturated rings. The summed E-state index contributed by atoms with van der Waals surface area (Å²) in [5.74, 6) is -2.60. The van der Waals surface area contributed by atoms with Gasteiger partial charge in [0.1, 0.15) is 5.82 Å². The number of benzene rings is 1. The van der Waals surface area contributed by atoms with Gasteiger partial charge in [0.2, 0.25) is 0 Å². The molecule has 0 aliphatic rings. The predicted octanol–water partition coefficient (Wildman–Crippen LogP) is 2.86. The molecule has 1 aromatic rings.